The number of carbonyl (C=O) groups is 1. The molecule has 0 aliphatic carbocycles. The van der Waals surface area contributed by atoms with Gasteiger partial charge >= 0.3 is 0 Å². The van der Waals surface area contributed by atoms with Crippen molar-refractivity contribution in [3.05, 3.63) is 59.7 Å². The first kappa shape index (κ1) is 20.9. The number of hydrogen-bond donors (Lipinski definition) is 0. The minimum absolute atomic E-state index is 0.0162. The quantitative estimate of drug-likeness (QED) is 0.717. The molecule has 0 radical (unpaired) electrons. The van der Waals surface area contributed by atoms with Crippen molar-refractivity contribution in [3.8, 4) is 11.5 Å². The smallest absolute Gasteiger partial charge is 0.257 e. The molecule has 154 valence electrons. The van der Waals surface area contributed by atoms with Gasteiger partial charge in [-0.25, -0.2) is 5.01 Å². The van der Waals surface area contributed by atoms with Gasteiger partial charge in [-0.3, -0.25) is 9.69 Å². The fraction of sp³-hybridized carbons (Fsp3) is 0.391. The van der Waals surface area contributed by atoms with E-state index in [1.165, 1.54) is 0 Å². The first-order chi connectivity index (χ1) is 13.9. The lowest BCUT2D eigenvalue weighted by molar-refractivity contribution is -0.134. The summed E-state index contributed by atoms with van der Waals surface area (Å²) in [5, 5.41) is 6.38. The number of nitrogens with zero attached hydrogens (tertiary/aromatic N) is 3. The molecule has 1 aliphatic heterocycles. The third-order valence-electron chi connectivity index (χ3n) is 5.34. The van der Waals surface area contributed by atoms with Crippen molar-refractivity contribution < 1.29 is 14.3 Å². The van der Waals surface area contributed by atoms with Gasteiger partial charge in [0.15, 0.2) is 0 Å². The molecule has 0 fully saturated rings. The Morgan fingerprint density at radius 1 is 1.17 bits per heavy atom. The van der Waals surface area contributed by atoms with Gasteiger partial charge in [0.2, 0.25) is 0 Å². The lowest BCUT2D eigenvalue weighted by Gasteiger charge is -2.26. The number of likely N-dealkylation sites (N-methyl/N-ethyl adjacent to an activating group) is 1. The Morgan fingerprint density at radius 3 is 2.52 bits per heavy atom. The van der Waals surface area contributed by atoms with Crippen LogP contribution in [-0.4, -0.2) is 55.4 Å². The molecule has 0 saturated carbocycles. The van der Waals surface area contributed by atoms with Crippen LogP contribution in [0.4, 0.5) is 0 Å². The Morgan fingerprint density at radius 2 is 1.90 bits per heavy atom. The SMILES string of the molecule is COc1ccc(C2=NN(C(=O)CN(C)C(C)C)C(c3ccccc3)C2)c(OC)c1. The molecule has 1 atom stereocenters. The van der Waals surface area contributed by atoms with Crippen LogP contribution in [0.2, 0.25) is 0 Å². The van der Waals surface area contributed by atoms with E-state index < -0.39 is 0 Å². The van der Waals surface area contributed by atoms with Gasteiger partial charge in [-0.1, -0.05) is 30.3 Å². The molecule has 2 aromatic rings. The van der Waals surface area contributed by atoms with E-state index in [4.69, 9.17) is 14.6 Å². The van der Waals surface area contributed by atoms with E-state index in [2.05, 4.69) is 13.8 Å². The van der Waals surface area contributed by atoms with Crippen molar-refractivity contribution in [2.75, 3.05) is 27.8 Å². The number of ether oxygens (including phenoxy) is 2. The van der Waals surface area contributed by atoms with E-state index in [1.807, 2.05) is 60.5 Å². The molecule has 0 N–H and O–H groups in total. The molecule has 6 heteroatoms. The topological polar surface area (TPSA) is 54.4 Å². The highest BCUT2D eigenvalue weighted by molar-refractivity contribution is 6.05. The summed E-state index contributed by atoms with van der Waals surface area (Å²) in [4.78, 5) is 15.1. The molecule has 3 rings (SSSR count). The molecule has 2 aromatic carbocycles. The molecule has 0 saturated heterocycles. The number of carbonyl (C=O) groups excluding carboxylic acids is 1. The third-order valence-corrected chi connectivity index (χ3v) is 5.34. The maximum Gasteiger partial charge on any atom is 0.257 e. The molecule has 0 spiro atoms. The summed E-state index contributed by atoms with van der Waals surface area (Å²) < 4.78 is 10.9. The van der Waals surface area contributed by atoms with Gasteiger partial charge < -0.3 is 9.47 Å². The summed E-state index contributed by atoms with van der Waals surface area (Å²) in [5.41, 5.74) is 2.78. The van der Waals surface area contributed by atoms with Crippen molar-refractivity contribution in [3.63, 3.8) is 0 Å². The fourth-order valence-electron chi connectivity index (χ4n) is 3.34. The highest BCUT2D eigenvalue weighted by atomic mass is 16.5. The summed E-state index contributed by atoms with van der Waals surface area (Å²) in [7, 11) is 5.20. The Hall–Kier alpha value is -2.86. The zero-order valence-electron chi connectivity index (χ0n) is 17.8. The minimum Gasteiger partial charge on any atom is -0.497 e. The molecule has 1 heterocycles. The Balaban J connectivity index is 1.96. The van der Waals surface area contributed by atoms with Gasteiger partial charge in [0, 0.05) is 24.1 Å². The maximum atomic E-state index is 13.1. The van der Waals surface area contributed by atoms with Crippen LogP contribution in [0.5, 0.6) is 11.5 Å². The predicted molar refractivity (Wildman–Crippen MR) is 114 cm³/mol. The van der Waals surface area contributed by atoms with Gasteiger partial charge in [-0.05, 0) is 38.6 Å². The van der Waals surface area contributed by atoms with Crippen LogP contribution in [-0.2, 0) is 4.79 Å². The first-order valence-corrected chi connectivity index (χ1v) is 9.81. The number of amides is 1. The Bertz CT molecular complexity index is 880. The van der Waals surface area contributed by atoms with Crippen LogP contribution in [0.1, 0.15) is 37.4 Å². The predicted octanol–water partition coefficient (Wildman–Crippen LogP) is 3.72. The Labute approximate surface area is 172 Å². The van der Waals surface area contributed by atoms with Gasteiger partial charge in [0.25, 0.3) is 5.91 Å². The molecule has 29 heavy (non-hydrogen) atoms. The van der Waals surface area contributed by atoms with Crippen molar-refractivity contribution in [2.45, 2.75) is 32.4 Å². The molecule has 1 unspecified atom stereocenters. The summed E-state index contributed by atoms with van der Waals surface area (Å²) in [6.45, 7) is 4.46. The van der Waals surface area contributed by atoms with Crippen LogP contribution >= 0.6 is 0 Å². The second kappa shape index (κ2) is 9.09. The second-order valence-electron chi connectivity index (χ2n) is 7.49. The molecule has 1 aliphatic rings. The van der Waals surface area contributed by atoms with Crippen LogP contribution in [0.25, 0.3) is 0 Å². The van der Waals surface area contributed by atoms with Crippen molar-refractivity contribution in [2.24, 2.45) is 5.10 Å². The van der Waals surface area contributed by atoms with Gasteiger partial charge in [-0.15, -0.1) is 0 Å². The van der Waals surface area contributed by atoms with Crippen LogP contribution in [0, 0.1) is 0 Å². The van der Waals surface area contributed by atoms with Crippen molar-refractivity contribution in [1.82, 2.24) is 9.91 Å². The number of benzene rings is 2. The third kappa shape index (κ3) is 4.59. The van der Waals surface area contributed by atoms with Crippen LogP contribution in [0.15, 0.2) is 53.6 Å². The standard InChI is InChI=1S/C23H29N3O3/c1-16(2)25(3)15-23(27)26-21(17-9-7-6-8-10-17)14-20(24-26)19-12-11-18(28-4)13-22(19)29-5/h6-13,16,21H,14-15H2,1-5H3. The first-order valence-electron chi connectivity index (χ1n) is 9.81. The molecule has 1 amide bonds. The maximum absolute atomic E-state index is 13.1. The van der Waals surface area contributed by atoms with Crippen molar-refractivity contribution >= 4 is 11.6 Å². The number of hydrogen-bond acceptors (Lipinski definition) is 5. The number of hydrazone groups is 1. The van der Waals surface area contributed by atoms with Crippen molar-refractivity contribution in [1.29, 1.82) is 0 Å². The number of methoxy groups -OCH3 is 2. The average molecular weight is 396 g/mol. The summed E-state index contributed by atoms with van der Waals surface area (Å²) in [6.07, 6.45) is 0.629. The number of rotatable bonds is 7. The van der Waals surface area contributed by atoms with E-state index in [1.54, 1.807) is 19.2 Å². The van der Waals surface area contributed by atoms with Gasteiger partial charge in [0.05, 0.1) is 32.5 Å². The normalized spacial score (nSPS) is 16.3. The lowest BCUT2D eigenvalue weighted by atomic mass is 9.98. The largest absolute Gasteiger partial charge is 0.497 e. The van der Waals surface area contributed by atoms with Crippen LogP contribution in [0.3, 0.4) is 0 Å². The molecular weight excluding hydrogens is 366 g/mol. The molecule has 0 aromatic heterocycles. The van der Waals surface area contributed by atoms with Crippen LogP contribution < -0.4 is 9.47 Å². The van der Waals surface area contributed by atoms with E-state index in [0.29, 0.717) is 18.7 Å². The molecular formula is C23H29N3O3. The van der Waals surface area contributed by atoms with E-state index in [0.717, 1.165) is 22.6 Å². The monoisotopic (exact) mass is 395 g/mol. The van der Waals surface area contributed by atoms with E-state index in [9.17, 15) is 4.79 Å². The van der Waals surface area contributed by atoms with E-state index in [-0.39, 0.29) is 18.0 Å². The summed E-state index contributed by atoms with van der Waals surface area (Å²) in [6, 6.07) is 15.9. The summed E-state index contributed by atoms with van der Waals surface area (Å²) >= 11 is 0. The fourth-order valence-corrected chi connectivity index (χ4v) is 3.34. The zero-order chi connectivity index (χ0) is 21.0. The highest BCUT2D eigenvalue weighted by Gasteiger charge is 2.34. The summed E-state index contributed by atoms with van der Waals surface area (Å²) in [5.74, 6) is 1.39. The lowest BCUT2D eigenvalue weighted by Crippen LogP contribution is -2.39. The van der Waals surface area contributed by atoms with Gasteiger partial charge in [-0.2, -0.15) is 5.10 Å². The highest BCUT2D eigenvalue weighted by Crippen LogP contribution is 2.36. The Kier molecular flexibility index (Phi) is 6.54. The zero-order valence-corrected chi connectivity index (χ0v) is 17.8. The molecule has 6 nitrogen and oxygen atoms in total. The van der Waals surface area contributed by atoms with E-state index >= 15 is 0 Å². The average Bonchev–Trinajstić information content (AvgIpc) is 3.19. The minimum atomic E-state index is -0.133. The second-order valence-corrected chi connectivity index (χ2v) is 7.49. The van der Waals surface area contributed by atoms with Gasteiger partial charge in [0.1, 0.15) is 11.5 Å². The molecule has 0 bridgehead atoms.